The van der Waals surface area contributed by atoms with Gasteiger partial charge in [0.2, 0.25) is 10.0 Å². The lowest BCUT2D eigenvalue weighted by molar-refractivity contribution is 0.252. The van der Waals surface area contributed by atoms with E-state index >= 15 is 0 Å². The molecule has 1 rings (SSSR count). The molecule has 0 aromatic carbocycles. The van der Waals surface area contributed by atoms with Crippen LogP contribution in [0.5, 0.6) is 0 Å². The van der Waals surface area contributed by atoms with Gasteiger partial charge in [0, 0.05) is 13.1 Å². The first-order valence-electron chi connectivity index (χ1n) is 7.46. The fourth-order valence-corrected chi connectivity index (χ4v) is 4.15. The van der Waals surface area contributed by atoms with E-state index < -0.39 is 10.0 Å². The van der Waals surface area contributed by atoms with Crippen molar-refractivity contribution < 1.29 is 8.42 Å². The molecule has 1 aliphatic rings. The van der Waals surface area contributed by atoms with E-state index in [0.717, 1.165) is 32.4 Å². The fraction of sp³-hybridized carbons (Fsp3) is 1.00. The molecule has 0 bridgehead atoms. The molecule has 0 aromatic rings. The summed E-state index contributed by atoms with van der Waals surface area (Å²) >= 11 is 0. The molecule has 114 valence electrons. The van der Waals surface area contributed by atoms with E-state index in [-0.39, 0.29) is 5.41 Å². The molecule has 1 unspecified atom stereocenters. The van der Waals surface area contributed by atoms with Crippen LogP contribution in [0.15, 0.2) is 0 Å². The van der Waals surface area contributed by atoms with Crippen molar-refractivity contribution in [2.45, 2.75) is 47.0 Å². The molecule has 0 aliphatic carbocycles. The van der Waals surface area contributed by atoms with Gasteiger partial charge < -0.3 is 5.32 Å². The summed E-state index contributed by atoms with van der Waals surface area (Å²) in [6.45, 7) is 11.9. The SMILES string of the molecule is CCNCCCCS(=O)(=O)N1CCC(C(C)(C)C)C1. The third-order valence-electron chi connectivity index (χ3n) is 4.02. The molecule has 1 heterocycles. The van der Waals surface area contributed by atoms with E-state index in [0.29, 0.717) is 24.8 Å². The summed E-state index contributed by atoms with van der Waals surface area (Å²) in [4.78, 5) is 0. The Balaban J connectivity index is 2.38. The van der Waals surface area contributed by atoms with Crippen molar-refractivity contribution in [1.29, 1.82) is 0 Å². The second-order valence-corrected chi connectivity index (χ2v) is 8.67. The molecular weight excluding hydrogens is 260 g/mol. The molecule has 0 aromatic heterocycles. The van der Waals surface area contributed by atoms with Crippen LogP contribution in [-0.2, 0) is 10.0 Å². The van der Waals surface area contributed by atoms with Gasteiger partial charge in [0.15, 0.2) is 0 Å². The number of nitrogens with one attached hydrogen (secondary N) is 1. The van der Waals surface area contributed by atoms with Crippen LogP contribution in [0.1, 0.15) is 47.0 Å². The number of hydrogen-bond acceptors (Lipinski definition) is 3. The van der Waals surface area contributed by atoms with Crippen LogP contribution in [0.4, 0.5) is 0 Å². The molecule has 0 amide bonds. The molecular formula is C14H30N2O2S. The molecule has 4 nitrogen and oxygen atoms in total. The molecule has 5 heteroatoms. The van der Waals surface area contributed by atoms with Gasteiger partial charge in [0.05, 0.1) is 5.75 Å². The van der Waals surface area contributed by atoms with Crippen LogP contribution in [0.2, 0.25) is 0 Å². The summed E-state index contributed by atoms with van der Waals surface area (Å²) in [7, 11) is -3.03. The van der Waals surface area contributed by atoms with Crippen molar-refractivity contribution in [2.24, 2.45) is 11.3 Å². The van der Waals surface area contributed by atoms with Crippen molar-refractivity contribution in [3.63, 3.8) is 0 Å². The summed E-state index contributed by atoms with van der Waals surface area (Å²) < 4.78 is 26.2. The van der Waals surface area contributed by atoms with Crippen LogP contribution in [-0.4, -0.2) is 44.7 Å². The van der Waals surface area contributed by atoms with Crippen LogP contribution < -0.4 is 5.32 Å². The van der Waals surface area contributed by atoms with Crippen molar-refractivity contribution in [1.82, 2.24) is 9.62 Å². The zero-order chi connectivity index (χ0) is 14.5. The quantitative estimate of drug-likeness (QED) is 0.730. The van der Waals surface area contributed by atoms with Crippen molar-refractivity contribution in [3.05, 3.63) is 0 Å². The Morgan fingerprint density at radius 2 is 1.95 bits per heavy atom. The Morgan fingerprint density at radius 3 is 2.47 bits per heavy atom. The van der Waals surface area contributed by atoms with Gasteiger partial charge in [0.1, 0.15) is 0 Å². The third kappa shape index (κ3) is 5.40. The highest BCUT2D eigenvalue weighted by Gasteiger charge is 2.36. The second-order valence-electron chi connectivity index (χ2n) is 6.59. The molecule has 1 N–H and O–H groups in total. The Morgan fingerprint density at radius 1 is 1.26 bits per heavy atom. The predicted molar refractivity (Wildman–Crippen MR) is 80.7 cm³/mol. The number of nitrogens with zero attached hydrogens (tertiary/aromatic N) is 1. The van der Waals surface area contributed by atoms with E-state index in [2.05, 4.69) is 33.0 Å². The van der Waals surface area contributed by atoms with E-state index in [1.54, 1.807) is 4.31 Å². The van der Waals surface area contributed by atoms with Crippen molar-refractivity contribution in [2.75, 3.05) is 31.9 Å². The largest absolute Gasteiger partial charge is 0.317 e. The first-order valence-corrected chi connectivity index (χ1v) is 9.07. The van der Waals surface area contributed by atoms with Gasteiger partial charge in [-0.05, 0) is 43.7 Å². The average Bonchev–Trinajstić information content (AvgIpc) is 2.78. The number of hydrogen-bond donors (Lipinski definition) is 1. The maximum absolute atomic E-state index is 12.2. The molecule has 0 spiro atoms. The third-order valence-corrected chi connectivity index (χ3v) is 5.95. The minimum Gasteiger partial charge on any atom is -0.317 e. The molecule has 1 saturated heterocycles. The summed E-state index contributed by atoms with van der Waals surface area (Å²) in [6, 6.07) is 0. The number of unbranched alkanes of at least 4 members (excludes halogenated alkanes) is 1. The van der Waals surface area contributed by atoms with E-state index in [1.165, 1.54) is 0 Å². The smallest absolute Gasteiger partial charge is 0.214 e. The lowest BCUT2D eigenvalue weighted by Gasteiger charge is -2.26. The minimum absolute atomic E-state index is 0.204. The Bertz CT molecular complexity index is 360. The second kappa shape index (κ2) is 7.04. The molecule has 1 fully saturated rings. The van der Waals surface area contributed by atoms with Gasteiger partial charge in [-0.2, -0.15) is 0 Å². The van der Waals surface area contributed by atoms with Crippen LogP contribution in [0, 0.1) is 11.3 Å². The zero-order valence-electron chi connectivity index (χ0n) is 12.9. The summed E-state index contributed by atoms with van der Waals surface area (Å²) in [5.74, 6) is 0.791. The van der Waals surface area contributed by atoms with Crippen molar-refractivity contribution >= 4 is 10.0 Å². The van der Waals surface area contributed by atoms with Gasteiger partial charge in [-0.15, -0.1) is 0 Å². The van der Waals surface area contributed by atoms with E-state index in [4.69, 9.17) is 0 Å². The molecule has 1 atom stereocenters. The van der Waals surface area contributed by atoms with Gasteiger partial charge in [-0.1, -0.05) is 27.7 Å². The van der Waals surface area contributed by atoms with Gasteiger partial charge in [-0.25, -0.2) is 12.7 Å². The van der Waals surface area contributed by atoms with E-state index in [9.17, 15) is 8.42 Å². The highest BCUT2D eigenvalue weighted by Crippen LogP contribution is 2.34. The van der Waals surface area contributed by atoms with Crippen molar-refractivity contribution in [3.8, 4) is 0 Å². The molecule has 19 heavy (non-hydrogen) atoms. The fourth-order valence-electron chi connectivity index (χ4n) is 2.53. The Labute approximate surface area is 119 Å². The first kappa shape index (κ1) is 16.9. The molecule has 0 radical (unpaired) electrons. The number of sulfonamides is 1. The summed E-state index contributed by atoms with van der Waals surface area (Å²) in [5, 5.41) is 3.22. The lowest BCUT2D eigenvalue weighted by atomic mass is 9.80. The lowest BCUT2D eigenvalue weighted by Crippen LogP contribution is -2.33. The van der Waals surface area contributed by atoms with Crippen LogP contribution in [0.3, 0.4) is 0 Å². The standard InChI is InChI=1S/C14H30N2O2S/c1-5-15-9-6-7-11-19(17,18)16-10-8-13(12-16)14(2,3)4/h13,15H,5-12H2,1-4H3. The molecule has 1 aliphatic heterocycles. The van der Waals surface area contributed by atoms with Crippen LogP contribution in [0.25, 0.3) is 0 Å². The van der Waals surface area contributed by atoms with Gasteiger partial charge in [0.25, 0.3) is 0 Å². The highest BCUT2D eigenvalue weighted by atomic mass is 32.2. The first-order chi connectivity index (χ1) is 8.77. The minimum atomic E-state index is -3.03. The summed E-state index contributed by atoms with van der Waals surface area (Å²) in [5.41, 5.74) is 0.204. The average molecular weight is 290 g/mol. The highest BCUT2D eigenvalue weighted by molar-refractivity contribution is 7.89. The monoisotopic (exact) mass is 290 g/mol. The zero-order valence-corrected chi connectivity index (χ0v) is 13.7. The Kier molecular flexibility index (Phi) is 6.27. The maximum atomic E-state index is 12.2. The predicted octanol–water partition coefficient (Wildman–Crippen LogP) is 2.07. The normalized spacial score (nSPS) is 22.0. The van der Waals surface area contributed by atoms with Crippen LogP contribution >= 0.6 is 0 Å². The Hall–Kier alpha value is -0.130. The van der Waals surface area contributed by atoms with Gasteiger partial charge in [-0.3, -0.25) is 0 Å². The number of rotatable bonds is 7. The molecule has 0 saturated carbocycles. The van der Waals surface area contributed by atoms with E-state index in [1.807, 2.05) is 0 Å². The topological polar surface area (TPSA) is 49.4 Å². The maximum Gasteiger partial charge on any atom is 0.214 e. The summed E-state index contributed by atoms with van der Waals surface area (Å²) in [6.07, 6.45) is 2.69. The van der Waals surface area contributed by atoms with Gasteiger partial charge >= 0.3 is 0 Å².